The van der Waals surface area contributed by atoms with Gasteiger partial charge in [0.25, 0.3) is 0 Å². The van der Waals surface area contributed by atoms with Crippen LogP contribution in [0.15, 0.2) is 18.2 Å². The molecule has 0 aromatic heterocycles. The second kappa shape index (κ2) is 3.83. The molecule has 15 heavy (non-hydrogen) atoms. The summed E-state index contributed by atoms with van der Waals surface area (Å²) in [5.41, 5.74) is 1.23. The highest BCUT2D eigenvalue weighted by molar-refractivity contribution is 5.46. The van der Waals surface area contributed by atoms with Gasteiger partial charge in [-0.05, 0) is 24.5 Å². The zero-order valence-electron chi connectivity index (χ0n) is 9.12. The first kappa shape index (κ1) is 10.5. The third kappa shape index (κ3) is 1.85. The van der Waals surface area contributed by atoms with Crippen molar-refractivity contribution in [1.29, 1.82) is 0 Å². The van der Waals surface area contributed by atoms with E-state index in [1.807, 2.05) is 18.2 Å². The molecule has 2 rings (SSSR count). The molecule has 1 aromatic carbocycles. The van der Waals surface area contributed by atoms with Crippen LogP contribution in [0.4, 0.5) is 0 Å². The van der Waals surface area contributed by atoms with Crippen LogP contribution in [0.2, 0.25) is 0 Å². The SMILES string of the molecule is COCc1cccc(OC)c1C1(O)CC1. The summed E-state index contributed by atoms with van der Waals surface area (Å²) in [7, 11) is 3.28. The molecule has 1 aliphatic rings. The Morgan fingerprint density at radius 1 is 1.33 bits per heavy atom. The van der Waals surface area contributed by atoms with Crippen LogP contribution in [-0.4, -0.2) is 19.3 Å². The van der Waals surface area contributed by atoms with E-state index in [2.05, 4.69) is 0 Å². The molecule has 0 spiro atoms. The number of rotatable bonds is 4. The van der Waals surface area contributed by atoms with E-state index in [0.717, 1.165) is 29.7 Å². The van der Waals surface area contributed by atoms with Gasteiger partial charge in [0.15, 0.2) is 0 Å². The van der Waals surface area contributed by atoms with E-state index in [1.54, 1.807) is 14.2 Å². The quantitative estimate of drug-likeness (QED) is 0.820. The summed E-state index contributed by atoms with van der Waals surface area (Å²) in [5, 5.41) is 10.2. The van der Waals surface area contributed by atoms with Crippen LogP contribution in [-0.2, 0) is 16.9 Å². The van der Waals surface area contributed by atoms with Crippen molar-refractivity contribution in [2.24, 2.45) is 0 Å². The third-order valence-corrected chi connectivity index (χ3v) is 2.82. The number of ether oxygens (including phenoxy) is 2. The Morgan fingerprint density at radius 2 is 2.07 bits per heavy atom. The molecule has 1 saturated carbocycles. The molecule has 0 atom stereocenters. The molecule has 3 nitrogen and oxygen atoms in total. The number of hydrogen-bond acceptors (Lipinski definition) is 3. The minimum atomic E-state index is -0.680. The fourth-order valence-corrected chi connectivity index (χ4v) is 1.92. The van der Waals surface area contributed by atoms with Crippen molar-refractivity contribution >= 4 is 0 Å². The van der Waals surface area contributed by atoms with Gasteiger partial charge in [-0.15, -0.1) is 0 Å². The fraction of sp³-hybridized carbons (Fsp3) is 0.500. The molecule has 1 fully saturated rings. The zero-order valence-corrected chi connectivity index (χ0v) is 9.12. The summed E-state index contributed by atoms with van der Waals surface area (Å²) < 4.78 is 10.4. The Balaban J connectivity index is 2.45. The molecular weight excluding hydrogens is 192 g/mol. The van der Waals surface area contributed by atoms with Gasteiger partial charge in [0.2, 0.25) is 0 Å². The van der Waals surface area contributed by atoms with Gasteiger partial charge in [-0.25, -0.2) is 0 Å². The molecule has 0 radical (unpaired) electrons. The van der Waals surface area contributed by atoms with Gasteiger partial charge < -0.3 is 14.6 Å². The van der Waals surface area contributed by atoms with Crippen LogP contribution in [0.1, 0.15) is 24.0 Å². The lowest BCUT2D eigenvalue weighted by molar-refractivity contribution is 0.138. The van der Waals surface area contributed by atoms with Crippen molar-refractivity contribution in [3.8, 4) is 5.75 Å². The molecule has 0 saturated heterocycles. The van der Waals surface area contributed by atoms with Crippen LogP contribution in [0.3, 0.4) is 0 Å². The smallest absolute Gasteiger partial charge is 0.125 e. The summed E-state index contributed by atoms with van der Waals surface area (Å²) in [6.45, 7) is 0.509. The second-order valence-corrected chi connectivity index (χ2v) is 3.96. The largest absolute Gasteiger partial charge is 0.496 e. The van der Waals surface area contributed by atoms with E-state index in [0.29, 0.717) is 6.61 Å². The van der Waals surface area contributed by atoms with Crippen LogP contribution in [0.5, 0.6) is 5.75 Å². The minimum Gasteiger partial charge on any atom is -0.496 e. The van der Waals surface area contributed by atoms with Crippen molar-refractivity contribution in [1.82, 2.24) is 0 Å². The summed E-state index contributed by atoms with van der Waals surface area (Å²) >= 11 is 0. The van der Waals surface area contributed by atoms with E-state index in [-0.39, 0.29) is 0 Å². The normalized spacial score (nSPS) is 17.5. The lowest BCUT2D eigenvalue weighted by atomic mass is 10.00. The summed E-state index contributed by atoms with van der Waals surface area (Å²) in [6, 6.07) is 5.77. The maximum atomic E-state index is 10.2. The molecule has 0 aliphatic heterocycles. The molecule has 3 heteroatoms. The first-order chi connectivity index (χ1) is 7.21. The average Bonchev–Trinajstić information content (AvgIpc) is 2.97. The number of aliphatic hydroxyl groups is 1. The van der Waals surface area contributed by atoms with Crippen molar-refractivity contribution in [2.75, 3.05) is 14.2 Å². The standard InChI is InChI=1S/C12H16O3/c1-14-8-9-4-3-5-10(15-2)11(9)12(13)6-7-12/h3-5,13H,6-8H2,1-2H3. The first-order valence-corrected chi connectivity index (χ1v) is 5.09. The Labute approximate surface area is 89.6 Å². The Hall–Kier alpha value is -1.06. The van der Waals surface area contributed by atoms with Crippen LogP contribution >= 0.6 is 0 Å². The van der Waals surface area contributed by atoms with Crippen LogP contribution < -0.4 is 4.74 Å². The predicted molar refractivity (Wildman–Crippen MR) is 56.8 cm³/mol. The number of hydrogen-bond donors (Lipinski definition) is 1. The highest BCUT2D eigenvalue weighted by atomic mass is 16.5. The molecule has 0 heterocycles. The highest BCUT2D eigenvalue weighted by Crippen LogP contribution is 2.50. The second-order valence-electron chi connectivity index (χ2n) is 3.96. The molecule has 1 aliphatic carbocycles. The Bertz CT molecular complexity index is 356. The van der Waals surface area contributed by atoms with Crippen LogP contribution in [0.25, 0.3) is 0 Å². The van der Waals surface area contributed by atoms with Gasteiger partial charge in [-0.1, -0.05) is 12.1 Å². The average molecular weight is 208 g/mol. The molecule has 1 N–H and O–H groups in total. The van der Waals surface area contributed by atoms with Crippen molar-refractivity contribution in [2.45, 2.75) is 25.0 Å². The number of benzene rings is 1. The molecular formula is C12H16O3. The van der Waals surface area contributed by atoms with E-state index in [9.17, 15) is 5.11 Å². The lowest BCUT2D eigenvalue weighted by Crippen LogP contribution is -2.11. The number of methoxy groups -OCH3 is 2. The topological polar surface area (TPSA) is 38.7 Å². The van der Waals surface area contributed by atoms with Gasteiger partial charge in [-0.2, -0.15) is 0 Å². The van der Waals surface area contributed by atoms with E-state index < -0.39 is 5.60 Å². The van der Waals surface area contributed by atoms with E-state index in [4.69, 9.17) is 9.47 Å². The van der Waals surface area contributed by atoms with Gasteiger partial charge in [0, 0.05) is 12.7 Å². The minimum absolute atomic E-state index is 0.509. The molecule has 1 aromatic rings. The molecule has 0 unspecified atom stereocenters. The predicted octanol–water partition coefficient (Wildman–Crippen LogP) is 1.82. The molecule has 82 valence electrons. The summed E-state index contributed by atoms with van der Waals surface area (Å²) in [6.07, 6.45) is 1.62. The van der Waals surface area contributed by atoms with Gasteiger partial charge in [0.1, 0.15) is 5.75 Å². The van der Waals surface area contributed by atoms with Crippen molar-refractivity contribution in [3.05, 3.63) is 29.3 Å². The van der Waals surface area contributed by atoms with Gasteiger partial charge in [0.05, 0.1) is 19.3 Å². The zero-order chi connectivity index (χ0) is 10.9. The maximum absolute atomic E-state index is 10.2. The first-order valence-electron chi connectivity index (χ1n) is 5.09. The van der Waals surface area contributed by atoms with Crippen molar-refractivity contribution in [3.63, 3.8) is 0 Å². The Kier molecular flexibility index (Phi) is 2.67. The van der Waals surface area contributed by atoms with Gasteiger partial charge >= 0.3 is 0 Å². The fourth-order valence-electron chi connectivity index (χ4n) is 1.92. The highest BCUT2D eigenvalue weighted by Gasteiger charge is 2.45. The Morgan fingerprint density at radius 3 is 2.60 bits per heavy atom. The van der Waals surface area contributed by atoms with E-state index >= 15 is 0 Å². The van der Waals surface area contributed by atoms with Gasteiger partial charge in [-0.3, -0.25) is 0 Å². The third-order valence-electron chi connectivity index (χ3n) is 2.82. The monoisotopic (exact) mass is 208 g/mol. The molecule has 0 bridgehead atoms. The lowest BCUT2D eigenvalue weighted by Gasteiger charge is -2.17. The summed E-state index contributed by atoms with van der Waals surface area (Å²) in [4.78, 5) is 0. The van der Waals surface area contributed by atoms with E-state index in [1.165, 1.54) is 0 Å². The molecule has 0 amide bonds. The van der Waals surface area contributed by atoms with Crippen molar-refractivity contribution < 1.29 is 14.6 Å². The maximum Gasteiger partial charge on any atom is 0.125 e. The van der Waals surface area contributed by atoms with Crippen LogP contribution in [0, 0.1) is 0 Å². The summed E-state index contributed by atoms with van der Waals surface area (Å²) in [5.74, 6) is 0.754.